The summed E-state index contributed by atoms with van der Waals surface area (Å²) in [5.41, 5.74) is 5.45. The van der Waals surface area contributed by atoms with Gasteiger partial charge in [0.05, 0.1) is 23.0 Å². The molecule has 4 rings (SSSR count). The van der Waals surface area contributed by atoms with Crippen molar-refractivity contribution in [2.24, 2.45) is 11.8 Å². The number of hydrogen-bond donors (Lipinski definition) is 3. The maximum Gasteiger partial charge on any atom is 0.251 e. The van der Waals surface area contributed by atoms with Crippen LogP contribution in [-0.2, 0) is 11.3 Å². The van der Waals surface area contributed by atoms with E-state index in [1.165, 1.54) is 0 Å². The number of nitrogens with one attached hydrogen (secondary N) is 2. The Morgan fingerprint density at radius 3 is 2.43 bits per heavy atom. The fourth-order valence-corrected chi connectivity index (χ4v) is 4.94. The second-order valence-electron chi connectivity index (χ2n) is 10.2. The Kier molecular flexibility index (Phi) is 7.52. The van der Waals surface area contributed by atoms with Gasteiger partial charge in [-0.05, 0) is 35.7 Å². The van der Waals surface area contributed by atoms with Gasteiger partial charge in [-0.25, -0.2) is 10.5 Å². The van der Waals surface area contributed by atoms with Crippen molar-refractivity contribution in [2.45, 2.75) is 46.2 Å². The van der Waals surface area contributed by atoms with Crippen molar-refractivity contribution in [3.05, 3.63) is 65.5 Å². The molecule has 1 aromatic heterocycles. The van der Waals surface area contributed by atoms with E-state index in [9.17, 15) is 9.59 Å². The van der Waals surface area contributed by atoms with Crippen LogP contribution in [0.1, 0.15) is 55.4 Å². The number of benzene rings is 2. The quantitative estimate of drug-likeness (QED) is 0.341. The van der Waals surface area contributed by atoms with E-state index >= 15 is 0 Å². The molecule has 0 unspecified atom stereocenters. The largest absolute Gasteiger partial charge is 0.347 e. The molecule has 1 saturated heterocycles. The molecule has 186 valence electrons. The topological polar surface area (TPSA) is 99.5 Å². The smallest absolute Gasteiger partial charge is 0.251 e. The summed E-state index contributed by atoms with van der Waals surface area (Å²) in [4.78, 5) is 32.1. The molecule has 2 aromatic carbocycles. The Labute approximate surface area is 206 Å². The number of hydrogen-bond acceptors (Lipinski definition) is 5. The van der Waals surface area contributed by atoms with E-state index in [4.69, 9.17) is 10.2 Å². The minimum absolute atomic E-state index is 0.223. The third-order valence-corrected chi connectivity index (χ3v) is 6.54. The molecule has 0 aliphatic carbocycles. The molecule has 3 N–H and O–H groups in total. The van der Waals surface area contributed by atoms with Crippen molar-refractivity contribution in [2.75, 3.05) is 19.6 Å². The van der Waals surface area contributed by atoms with Crippen LogP contribution in [0.3, 0.4) is 0 Å². The van der Waals surface area contributed by atoms with E-state index < -0.39 is 11.8 Å². The van der Waals surface area contributed by atoms with Gasteiger partial charge in [-0.3, -0.25) is 14.8 Å². The molecule has 2 heterocycles. The van der Waals surface area contributed by atoms with E-state index in [1.807, 2.05) is 42.5 Å². The molecule has 1 aliphatic heterocycles. The van der Waals surface area contributed by atoms with Crippen LogP contribution in [0.2, 0.25) is 0 Å². The Hall–Kier alpha value is -3.23. The molecule has 0 spiro atoms. The van der Waals surface area contributed by atoms with Crippen LogP contribution < -0.4 is 10.8 Å². The van der Waals surface area contributed by atoms with Crippen LogP contribution >= 0.6 is 0 Å². The Morgan fingerprint density at radius 1 is 1.06 bits per heavy atom. The zero-order valence-electron chi connectivity index (χ0n) is 20.9. The zero-order valence-corrected chi connectivity index (χ0v) is 20.9. The highest BCUT2D eigenvalue weighted by atomic mass is 16.5. The summed E-state index contributed by atoms with van der Waals surface area (Å²) in [5.74, 6) is 0.585. The van der Waals surface area contributed by atoms with Gasteiger partial charge >= 0.3 is 0 Å². The minimum Gasteiger partial charge on any atom is -0.347 e. The minimum atomic E-state index is -0.494. The number of carbonyl (C=O) groups is 2. The van der Waals surface area contributed by atoms with Gasteiger partial charge in [-0.1, -0.05) is 52.0 Å². The van der Waals surface area contributed by atoms with Crippen molar-refractivity contribution in [3.8, 4) is 0 Å². The lowest BCUT2D eigenvalue weighted by Crippen LogP contribution is -2.45. The van der Waals surface area contributed by atoms with Crippen molar-refractivity contribution in [1.29, 1.82) is 0 Å². The van der Waals surface area contributed by atoms with Gasteiger partial charge in [0.15, 0.2) is 0 Å². The number of fused-ring (bicyclic) bond motifs is 1. The summed E-state index contributed by atoms with van der Waals surface area (Å²) in [6, 6.07) is 15.3. The maximum absolute atomic E-state index is 13.0. The second-order valence-corrected chi connectivity index (χ2v) is 10.2. The number of hydroxylamine groups is 1. The summed E-state index contributed by atoms with van der Waals surface area (Å²) in [5, 5.41) is 12.2. The van der Waals surface area contributed by atoms with Gasteiger partial charge in [0.2, 0.25) is 5.91 Å². The van der Waals surface area contributed by atoms with E-state index in [-0.39, 0.29) is 17.9 Å². The number of rotatable bonds is 8. The molecule has 1 fully saturated rings. The molecule has 0 radical (unpaired) electrons. The van der Waals surface area contributed by atoms with Crippen LogP contribution in [0.25, 0.3) is 11.0 Å². The molecule has 2 atom stereocenters. The lowest BCUT2D eigenvalue weighted by atomic mass is 10.0. The Balaban J connectivity index is 1.47. The van der Waals surface area contributed by atoms with Gasteiger partial charge in [0.1, 0.15) is 5.82 Å². The molecule has 8 nitrogen and oxygen atoms in total. The SMILES string of the molecule is CC(C)CN1C[C@H](C(=O)NO)[C@H](NC(=O)c2ccc(Cn3c(C(C)C)nc4ccccc43)cc2)C1. The van der Waals surface area contributed by atoms with Gasteiger partial charge in [0.25, 0.3) is 5.91 Å². The standard InChI is InChI=1S/C27H35N5O3/c1-17(2)13-31-15-21(27(34)30-35)23(16-31)29-26(33)20-11-9-19(10-12-20)14-32-24-8-6-5-7-22(24)28-25(32)18(3)4/h5-12,17-18,21,23,35H,13-16H2,1-4H3,(H,29,33)(H,30,34)/t21-,23+/m0/s1. The van der Waals surface area contributed by atoms with Crippen molar-refractivity contribution in [1.82, 2.24) is 25.2 Å². The summed E-state index contributed by atoms with van der Waals surface area (Å²) in [6.45, 7) is 11.1. The highest BCUT2D eigenvalue weighted by Crippen LogP contribution is 2.24. The number of carbonyl (C=O) groups excluding carboxylic acids is 2. The molecule has 0 bridgehead atoms. The van der Waals surface area contributed by atoms with Gasteiger partial charge in [-0.2, -0.15) is 0 Å². The van der Waals surface area contributed by atoms with Crippen LogP contribution in [0, 0.1) is 11.8 Å². The van der Waals surface area contributed by atoms with Gasteiger partial charge in [0, 0.05) is 37.7 Å². The lowest BCUT2D eigenvalue weighted by molar-refractivity contribution is -0.133. The third kappa shape index (κ3) is 5.55. The predicted molar refractivity (Wildman–Crippen MR) is 135 cm³/mol. The average molecular weight is 478 g/mol. The fraction of sp³-hybridized carbons (Fsp3) is 0.444. The van der Waals surface area contributed by atoms with Crippen LogP contribution in [-0.4, -0.2) is 57.1 Å². The number of aromatic nitrogens is 2. The first kappa shape index (κ1) is 24.9. The molecular weight excluding hydrogens is 442 g/mol. The molecule has 1 aliphatic rings. The maximum atomic E-state index is 13.0. The van der Waals surface area contributed by atoms with Crippen molar-refractivity contribution >= 4 is 22.8 Å². The highest BCUT2D eigenvalue weighted by molar-refractivity contribution is 5.95. The first-order valence-electron chi connectivity index (χ1n) is 12.3. The van der Waals surface area contributed by atoms with E-state index in [1.54, 1.807) is 5.48 Å². The number of imidazole rings is 1. The van der Waals surface area contributed by atoms with Gasteiger partial charge < -0.3 is 14.8 Å². The average Bonchev–Trinajstić information content (AvgIpc) is 3.40. The second kappa shape index (κ2) is 10.6. The summed E-state index contributed by atoms with van der Waals surface area (Å²) in [6.07, 6.45) is 0. The van der Waals surface area contributed by atoms with E-state index in [0.29, 0.717) is 31.1 Å². The van der Waals surface area contributed by atoms with Crippen LogP contribution in [0.4, 0.5) is 0 Å². The molecule has 8 heteroatoms. The van der Waals surface area contributed by atoms with Crippen molar-refractivity contribution in [3.63, 3.8) is 0 Å². The summed E-state index contributed by atoms with van der Waals surface area (Å²) in [7, 11) is 0. The van der Waals surface area contributed by atoms with Crippen molar-refractivity contribution < 1.29 is 14.8 Å². The molecule has 3 aromatic rings. The van der Waals surface area contributed by atoms with E-state index in [2.05, 4.69) is 48.5 Å². The Bertz CT molecular complexity index is 1190. The molecule has 2 amide bonds. The molecule has 0 saturated carbocycles. The van der Waals surface area contributed by atoms with Crippen LogP contribution in [0.5, 0.6) is 0 Å². The monoisotopic (exact) mass is 477 g/mol. The number of nitrogens with zero attached hydrogens (tertiary/aromatic N) is 3. The molecular formula is C27H35N5O3. The zero-order chi connectivity index (χ0) is 25.1. The molecule has 35 heavy (non-hydrogen) atoms. The van der Waals surface area contributed by atoms with Gasteiger partial charge in [-0.15, -0.1) is 0 Å². The summed E-state index contributed by atoms with van der Waals surface area (Å²) < 4.78 is 2.23. The highest BCUT2D eigenvalue weighted by Gasteiger charge is 2.38. The summed E-state index contributed by atoms with van der Waals surface area (Å²) >= 11 is 0. The number of likely N-dealkylation sites (tertiary alicyclic amines) is 1. The normalized spacial score (nSPS) is 18.5. The fourth-order valence-electron chi connectivity index (χ4n) is 4.94. The number of para-hydroxylation sites is 2. The lowest BCUT2D eigenvalue weighted by Gasteiger charge is -2.19. The number of amides is 2. The third-order valence-electron chi connectivity index (χ3n) is 6.54. The first-order valence-corrected chi connectivity index (χ1v) is 12.3. The predicted octanol–water partition coefficient (Wildman–Crippen LogP) is 3.40. The Morgan fingerprint density at radius 2 is 1.77 bits per heavy atom. The van der Waals surface area contributed by atoms with Crippen LogP contribution in [0.15, 0.2) is 48.5 Å². The van der Waals surface area contributed by atoms with E-state index in [0.717, 1.165) is 29.0 Å². The first-order chi connectivity index (χ1) is 16.8.